The molecule has 2 aliphatic heterocycles. The molecule has 0 radical (unpaired) electrons. The Hall–Kier alpha value is -2.51. The van der Waals surface area contributed by atoms with Crippen molar-refractivity contribution in [1.82, 2.24) is 10.2 Å². The highest BCUT2D eigenvalue weighted by Crippen LogP contribution is 2.35. The van der Waals surface area contributed by atoms with Crippen molar-refractivity contribution < 1.29 is 18.0 Å². The quantitative estimate of drug-likeness (QED) is 0.702. The van der Waals surface area contributed by atoms with Gasteiger partial charge in [-0.3, -0.25) is 9.59 Å². The van der Waals surface area contributed by atoms with Crippen LogP contribution >= 0.6 is 0 Å². The second-order valence-electron chi connectivity index (χ2n) is 6.59. The number of carbonyl (C=O) groups is 2. The Morgan fingerprint density at radius 2 is 1.85 bits per heavy atom. The van der Waals surface area contributed by atoms with Gasteiger partial charge in [-0.2, -0.15) is 0 Å². The van der Waals surface area contributed by atoms with Crippen molar-refractivity contribution >= 4 is 21.5 Å². The van der Waals surface area contributed by atoms with E-state index in [9.17, 15) is 18.0 Å². The van der Waals surface area contributed by atoms with Crippen molar-refractivity contribution in [1.29, 1.82) is 0 Å². The predicted octanol–water partition coefficient (Wildman–Crippen LogP) is 1.50. The number of carbonyl (C=O) groups excluding carboxylic acids is 2. The minimum atomic E-state index is -3.84. The van der Waals surface area contributed by atoms with Gasteiger partial charge in [0.15, 0.2) is 5.78 Å². The number of ketones is 1. The standard InChI is InChI=1S/C19H18N2O4S/c1-12-11-20-8-9-21(12)19(23)13-6-7-15-17(10-13)26(24,25)16-5-3-2-4-14(16)18(15)22/h2-7,10,12,20H,8-9,11H2,1H3/t12-/m0/s1. The molecule has 1 N–H and O–H groups in total. The van der Waals surface area contributed by atoms with Gasteiger partial charge in [-0.1, -0.05) is 12.1 Å². The molecule has 2 aliphatic rings. The van der Waals surface area contributed by atoms with Crippen molar-refractivity contribution in [2.24, 2.45) is 0 Å². The van der Waals surface area contributed by atoms with Gasteiger partial charge in [0.1, 0.15) is 0 Å². The molecule has 1 atom stereocenters. The van der Waals surface area contributed by atoms with Crippen LogP contribution in [0.4, 0.5) is 0 Å². The van der Waals surface area contributed by atoms with Gasteiger partial charge in [-0.05, 0) is 37.3 Å². The largest absolute Gasteiger partial charge is 0.333 e. The summed E-state index contributed by atoms with van der Waals surface area (Å²) in [6, 6.07) is 10.5. The molecule has 0 unspecified atom stereocenters. The number of nitrogens with one attached hydrogen (secondary N) is 1. The molecule has 0 saturated carbocycles. The first-order valence-electron chi connectivity index (χ1n) is 8.46. The summed E-state index contributed by atoms with van der Waals surface area (Å²) in [5.41, 5.74) is 0.580. The molecule has 26 heavy (non-hydrogen) atoms. The summed E-state index contributed by atoms with van der Waals surface area (Å²) in [6.07, 6.45) is 0. The first-order valence-corrected chi connectivity index (χ1v) is 9.94. The molecule has 2 heterocycles. The third-order valence-corrected chi connectivity index (χ3v) is 6.80. The molecule has 0 aromatic heterocycles. The summed E-state index contributed by atoms with van der Waals surface area (Å²) in [4.78, 5) is 27.2. The fraction of sp³-hybridized carbons (Fsp3) is 0.263. The number of hydrogen-bond acceptors (Lipinski definition) is 5. The maximum absolute atomic E-state index is 13.0. The van der Waals surface area contributed by atoms with Gasteiger partial charge in [0.2, 0.25) is 9.84 Å². The molecule has 0 aliphatic carbocycles. The summed E-state index contributed by atoms with van der Waals surface area (Å²) in [5, 5.41) is 3.22. The maximum Gasteiger partial charge on any atom is 0.254 e. The van der Waals surface area contributed by atoms with Crippen LogP contribution in [0.1, 0.15) is 33.2 Å². The van der Waals surface area contributed by atoms with E-state index in [4.69, 9.17) is 0 Å². The zero-order chi connectivity index (χ0) is 18.5. The average molecular weight is 370 g/mol. The van der Waals surface area contributed by atoms with Gasteiger partial charge >= 0.3 is 0 Å². The highest BCUT2D eigenvalue weighted by molar-refractivity contribution is 7.91. The lowest BCUT2D eigenvalue weighted by Gasteiger charge is -2.34. The van der Waals surface area contributed by atoms with Gasteiger partial charge in [-0.15, -0.1) is 0 Å². The Bertz CT molecular complexity index is 1030. The average Bonchev–Trinajstić information content (AvgIpc) is 2.66. The molecule has 0 bridgehead atoms. The molecule has 2 aromatic carbocycles. The van der Waals surface area contributed by atoms with Crippen molar-refractivity contribution in [3.8, 4) is 0 Å². The van der Waals surface area contributed by atoms with E-state index < -0.39 is 9.84 Å². The Balaban J connectivity index is 1.81. The van der Waals surface area contributed by atoms with Crippen molar-refractivity contribution in [2.45, 2.75) is 22.8 Å². The van der Waals surface area contributed by atoms with E-state index in [2.05, 4.69) is 5.32 Å². The van der Waals surface area contributed by atoms with Crippen LogP contribution in [-0.4, -0.2) is 50.7 Å². The number of nitrogens with zero attached hydrogens (tertiary/aromatic N) is 1. The van der Waals surface area contributed by atoms with E-state index in [0.29, 0.717) is 19.6 Å². The van der Waals surface area contributed by atoms with Gasteiger partial charge in [0, 0.05) is 42.4 Å². The minimum absolute atomic E-state index is 0.00219. The third kappa shape index (κ3) is 2.47. The number of amides is 1. The van der Waals surface area contributed by atoms with Gasteiger partial charge < -0.3 is 10.2 Å². The number of piperazine rings is 1. The maximum atomic E-state index is 13.0. The molecular formula is C19H18N2O4S. The van der Waals surface area contributed by atoms with E-state index in [1.807, 2.05) is 6.92 Å². The summed E-state index contributed by atoms with van der Waals surface area (Å²) >= 11 is 0. The number of benzene rings is 2. The fourth-order valence-electron chi connectivity index (χ4n) is 3.53. The molecule has 1 amide bonds. The van der Waals surface area contributed by atoms with Crippen molar-refractivity contribution in [2.75, 3.05) is 19.6 Å². The summed E-state index contributed by atoms with van der Waals surface area (Å²) in [5.74, 6) is -0.553. The van der Waals surface area contributed by atoms with Crippen LogP contribution in [0.5, 0.6) is 0 Å². The molecule has 1 fully saturated rings. The number of hydrogen-bond donors (Lipinski definition) is 1. The molecule has 2 aromatic rings. The molecule has 6 nitrogen and oxygen atoms in total. The molecule has 0 spiro atoms. The van der Waals surface area contributed by atoms with Crippen molar-refractivity contribution in [3.05, 3.63) is 59.2 Å². The fourth-order valence-corrected chi connectivity index (χ4v) is 5.20. The van der Waals surface area contributed by atoms with E-state index in [0.717, 1.165) is 0 Å². The normalized spacial score (nSPS) is 21.0. The minimum Gasteiger partial charge on any atom is -0.333 e. The van der Waals surface area contributed by atoms with Crippen LogP contribution in [0, 0.1) is 0 Å². The highest BCUT2D eigenvalue weighted by atomic mass is 32.2. The van der Waals surface area contributed by atoms with Crippen LogP contribution in [0.25, 0.3) is 0 Å². The molecule has 4 rings (SSSR count). The zero-order valence-corrected chi connectivity index (χ0v) is 15.0. The SMILES string of the molecule is C[C@H]1CNCCN1C(=O)c1ccc2c(c1)S(=O)(=O)c1ccccc1C2=O. The second kappa shape index (κ2) is 6.03. The molecular weight excluding hydrogens is 352 g/mol. The third-order valence-electron chi connectivity index (χ3n) is 4.95. The lowest BCUT2D eigenvalue weighted by Crippen LogP contribution is -2.52. The van der Waals surface area contributed by atoms with Crippen LogP contribution in [0.15, 0.2) is 52.3 Å². The van der Waals surface area contributed by atoms with E-state index >= 15 is 0 Å². The van der Waals surface area contributed by atoms with E-state index in [1.54, 1.807) is 17.0 Å². The van der Waals surface area contributed by atoms with Crippen LogP contribution in [0.3, 0.4) is 0 Å². The Morgan fingerprint density at radius 1 is 1.12 bits per heavy atom. The second-order valence-corrected chi connectivity index (χ2v) is 8.48. The summed E-state index contributed by atoms with van der Waals surface area (Å²) in [6.45, 7) is 3.90. The Morgan fingerprint density at radius 3 is 2.62 bits per heavy atom. The van der Waals surface area contributed by atoms with Crippen LogP contribution in [0.2, 0.25) is 0 Å². The monoisotopic (exact) mass is 370 g/mol. The number of fused-ring (bicyclic) bond motifs is 2. The van der Waals surface area contributed by atoms with Crippen LogP contribution < -0.4 is 5.32 Å². The zero-order valence-electron chi connectivity index (χ0n) is 14.2. The van der Waals surface area contributed by atoms with E-state index in [-0.39, 0.29) is 44.2 Å². The smallest absolute Gasteiger partial charge is 0.254 e. The first-order chi connectivity index (χ1) is 12.4. The first kappa shape index (κ1) is 16.9. The topological polar surface area (TPSA) is 83.6 Å². The number of sulfone groups is 1. The van der Waals surface area contributed by atoms with Crippen molar-refractivity contribution in [3.63, 3.8) is 0 Å². The summed E-state index contributed by atoms with van der Waals surface area (Å²) < 4.78 is 25.9. The number of rotatable bonds is 1. The Kier molecular flexibility index (Phi) is 3.93. The highest BCUT2D eigenvalue weighted by Gasteiger charge is 2.35. The van der Waals surface area contributed by atoms with Gasteiger partial charge in [-0.25, -0.2) is 8.42 Å². The van der Waals surface area contributed by atoms with E-state index in [1.165, 1.54) is 30.3 Å². The van der Waals surface area contributed by atoms with Gasteiger partial charge in [0.25, 0.3) is 5.91 Å². The molecule has 7 heteroatoms. The van der Waals surface area contributed by atoms with Crippen LogP contribution in [-0.2, 0) is 9.84 Å². The lowest BCUT2D eigenvalue weighted by molar-refractivity contribution is 0.0655. The van der Waals surface area contributed by atoms with Gasteiger partial charge in [0.05, 0.1) is 9.79 Å². The predicted molar refractivity (Wildman–Crippen MR) is 95.1 cm³/mol. The molecule has 134 valence electrons. The Labute approximate surface area is 151 Å². The molecule has 1 saturated heterocycles. The summed E-state index contributed by atoms with van der Waals surface area (Å²) in [7, 11) is -3.84. The lowest BCUT2D eigenvalue weighted by atomic mass is 10.0.